The second-order valence-electron chi connectivity index (χ2n) is 3.08. The fourth-order valence-electron chi connectivity index (χ4n) is 1.44. The molecular weight excluding hydrogens is 218 g/mol. The van der Waals surface area contributed by atoms with E-state index >= 15 is 0 Å². The predicted molar refractivity (Wildman–Crippen MR) is 52.4 cm³/mol. The summed E-state index contributed by atoms with van der Waals surface area (Å²) >= 11 is 0. The zero-order valence-corrected chi connectivity index (χ0v) is 8.36. The van der Waals surface area contributed by atoms with E-state index in [2.05, 4.69) is 4.40 Å². The van der Waals surface area contributed by atoms with Gasteiger partial charge in [-0.2, -0.15) is 12.8 Å². The highest BCUT2D eigenvalue weighted by molar-refractivity contribution is 7.90. The fourth-order valence-corrected chi connectivity index (χ4v) is 2.71. The Bertz CT molecular complexity index is 559. The summed E-state index contributed by atoms with van der Waals surface area (Å²) in [5, 5.41) is 8.59. The van der Waals surface area contributed by atoms with Gasteiger partial charge in [-0.15, -0.1) is 0 Å². The summed E-state index contributed by atoms with van der Waals surface area (Å²) in [6.45, 7) is 0. The number of carboxylic acid groups (broad SMARTS) is 1. The van der Waals surface area contributed by atoms with Crippen molar-refractivity contribution in [3.05, 3.63) is 29.8 Å². The topological polar surface area (TPSA) is 83.8 Å². The summed E-state index contributed by atoms with van der Waals surface area (Å²) in [7, 11) is -3.68. The molecule has 6 heteroatoms. The van der Waals surface area contributed by atoms with Gasteiger partial charge in [0.15, 0.2) is 0 Å². The van der Waals surface area contributed by atoms with Gasteiger partial charge in [-0.1, -0.05) is 18.2 Å². The predicted octanol–water partition coefficient (Wildman–Crippen LogP) is 0.653. The lowest BCUT2D eigenvalue weighted by molar-refractivity contribution is -0.135. The first-order chi connectivity index (χ1) is 7.00. The number of carbonyl (C=O) groups is 1. The van der Waals surface area contributed by atoms with E-state index < -0.39 is 16.0 Å². The number of aliphatic carboxylic acids is 1. The molecule has 0 unspecified atom stereocenters. The van der Waals surface area contributed by atoms with E-state index in [1.54, 1.807) is 18.2 Å². The lowest BCUT2D eigenvalue weighted by atomic mass is 10.1. The molecule has 1 aromatic rings. The average molecular weight is 225 g/mol. The van der Waals surface area contributed by atoms with Crippen molar-refractivity contribution in [2.75, 3.05) is 0 Å². The molecule has 1 aliphatic rings. The average Bonchev–Trinajstić information content (AvgIpc) is 2.39. The summed E-state index contributed by atoms with van der Waals surface area (Å²) in [5.74, 6) is -1.10. The van der Waals surface area contributed by atoms with Gasteiger partial charge in [0.2, 0.25) is 0 Å². The van der Waals surface area contributed by atoms with Crippen LogP contribution < -0.4 is 0 Å². The van der Waals surface area contributed by atoms with Crippen LogP contribution in [-0.2, 0) is 14.8 Å². The molecule has 0 aliphatic carbocycles. The Hall–Kier alpha value is -1.69. The molecule has 78 valence electrons. The number of fused-ring (bicyclic) bond motifs is 1. The molecule has 1 aromatic carbocycles. The normalized spacial score (nSPS) is 16.9. The molecule has 2 rings (SSSR count). The second-order valence-corrected chi connectivity index (χ2v) is 4.65. The van der Waals surface area contributed by atoms with E-state index in [4.69, 9.17) is 5.11 Å². The monoisotopic (exact) mass is 225 g/mol. The van der Waals surface area contributed by atoms with Crippen molar-refractivity contribution in [1.29, 1.82) is 0 Å². The Morgan fingerprint density at radius 1 is 1.33 bits per heavy atom. The van der Waals surface area contributed by atoms with E-state index in [1.807, 2.05) is 0 Å². The molecule has 0 saturated carbocycles. The van der Waals surface area contributed by atoms with Crippen molar-refractivity contribution in [1.82, 2.24) is 0 Å². The summed E-state index contributed by atoms with van der Waals surface area (Å²) in [4.78, 5) is 10.6. The zero-order chi connectivity index (χ0) is 11.1. The van der Waals surface area contributed by atoms with Gasteiger partial charge in [0.1, 0.15) is 0 Å². The minimum absolute atomic E-state index is 0.0845. The smallest absolute Gasteiger partial charge is 0.309 e. The van der Waals surface area contributed by atoms with Crippen LogP contribution in [0.25, 0.3) is 0 Å². The molecule has 0 atom stereocenters. The van der Waals surface area contributed by atoms with Crippen LogP contribution in [0.1, 0.15) is 12.0 Å². The molecule has 0 fully saturated rings. The van der Waals surface area contributed by atoms with Crippen molar-refractivity contribution in [3.8, 4) is 0 Å². The first kappa shape index (κ1) is 9.85. The van der Waals surface area contributed by atoms with E-state index in [0.29, 0.717) is 5.56 Å². The van der Waals surface area contributed by atoms with E-state index in [1.165, 1.54) is 6.07 Å². The molecule has 0 radical (unpaired) electrons. The number of rotatable bonds is 2. The number of benzene rings is 1. The van der Waals surface area contributed by atoms with Gasteiger partial charge >= 0.3 is 5.97 Å². The third-order valence-electron chi connectivity index (χ3n) is 2.02. The summed E-state index contributed by atoms with van der Waals surface area (Å²) in [6.07, 6.45) is -0.379. The highest BCUT2D eigenvalue weighted by atomic mass is 32.2. The summed E-state index contributed by atoms with van der Waals surface area (Å²) < 4.78 is 26.4. The number of sulfonamides is 1. The largest absolute Gasteiger partial charge is 0.481 e. The van der Waals surface area contributed by atoms with Crippen LogP contribution >= 0.6 is 0 Å². The van der Waals surface area contributed by atoms with Crippen LogP contribution in [0.2, 0.25) is 0 Å². The van der Waals surface area contributed by atoms with Crippen molar-refractivity contribution in [3.63, 3.8) is 0 Å². The SMILES string of the molecule is O=C(O)CC1=NS(=O)(=O)c2ccccc21. The third kappa shape index (κ3) is 1.63. The van der Waals surface area contributed by atoms with Gasteiger partial charge in [0.05, 0.1) is 17.0 Å². The van der Waals surface area contributed by atoms with Gasteiger partial charge in [0.25, 0.3) is 10.0 Å². The molecule has 0 amide bonds. The summed E-state index contributed by atoms with van der Waals surface area (Å²) in [5.41, 5.74) is 0.484. The fraction of sp³-hybridized carbons (Fsp3) is 0.111. The summed E-state index contributed by atoms with van der Waals surface area (Å²) in [6, 6.07) is 6.21. The highest BCUT2D eigenvalue weighted by Crippen LogP contribution is 2.26. The van der Waals surface area contributed by atoms with Gasteiger partial charge < -0.3 is 5.11 Å². The van der Waals surface area contributed by atoms with Crippen LogP contribution in [0.5, 0.6) is 0 Å². The minimum Gasteiger partial charge on any atom is -0.481 e. The quantitative estimate of drug-likeness (QED) is 0.801. The van der Waals surface area contributed by atoms with Crippen LogP contribution in [-0.4, -0.2) is 25.2 Å². The van der Waals surface area contributed by atoms with Crippen molar-refractivity contribution >= 4 is 21.7 Å². The first-order valence-corrected chi connectivity index (χ1v) is 5.60. The van der Waals surface area contributed by atoms with Crippen LogP contribution in [0.4, 0.5) is 0 Å². The van der Waals surface area contributed by atoms with Crippen LogP contribution in [0.3, 0.4) is 0 Å². The molecule has 0 bridgehead atoms. The number of carboxylic acids is 1. The van der Waals surface area contributed by atoms with Gasteiger partial charge in [-0.3, -0.25) is 4.79 Å². The van der Waals surface area contributed by atoms with Gasteiger partial charge in [-0.25, -0.2) is 0 Å². The van der Waals surface area contributed by atoms with Crippen molar-refractivity contribution < 1.29 is 18.3 Å². The Labute approximate surface area is 86.1 Å². The number of nitrogens with zero attached hydrogens (tertiary/aromatic N) is 1. The molecule has 0 aromatic heterocycles. The zero-order valence-electron chi connectivity index (χ0n) is 7.54. The molecule has 0 saturated heterocycles. The second kappa shape index (κ2) is 3.16. The molecule has 0 spiro atoms. The Balaban J connectivity index is 2.58. The molecule has 15 heavy (non-hydrogen) atoms. The first-order valence-electron chi connectivity index (χ1n) is 4.16. The van der Waals surface area contributed by atoms with Gasteiger partial charge in [-0.05, 0) is 6.07 Å². The Morgan fingerprint density at radius 3 is 2.67 bits per heavy atom. The maximum atomic E-state index is 11.5. The van der Waals surface area contributed by atoms with Gasteiger partial charge in [0, 0.05) is 5.56 Å². The molecule has 5 nitrogen and oxygen atoms in total. The van der Waals surface area contributed by atoms with Crippen LogP contribution in [0.15, 0.2) is 33.6 Å². The van der Waals surface area contributed by atoms with Crippen molar-refractivity contribution in [2.24, 2.45) is 4.40 Å². The minimum atomic E-state index is -3.68. The van der Waals surface area contributed by atoms with Crippen LogP contribution in [0, 0.1) is 0 Å². The lowest BCUT2D eigenvalue weighted by Gasteiger charge is -1.97. The standard InChI is InChI=1S/C9H7NO4S/c11-9(12)5-7-6-3-1-2-4-8(6)15(13,14)10-7/h1-4H,5H2,(H,11,12). The number of hydrogen-bond donors (Lipinski definition) is 1. The maximum absolute atomic E-state index is 11.5. The Kier molecular flexibility index (Phi) is 2.08. The molecule has 1 aliphatic heterocycles. The molecular formula is C9H7NO4S. The number of hydrogen-bond acceptors (Lipinski definition) is 3. The Morgan fingerprint density at radius 2 is 2.00 bits per heavy atom. The molecule has 1 N–H and O–H groups in total. The highest BCUT2D eigenvalue weighted by Gasteiger charge is 2.28. The van der Waals surface area contributed by atoms with E-state index in [0.717, 1.165) is 0 Å². The van der Waals surface area contributed by atoms with Crippen molar-refractivity contribution in [2.45, 2.75) is 11.3 Å². The van der Waals surface area contributed by atoms with E-state index in [-0.39, 0.29) is 17.0 Å². The lowest BCUT2D eigenvalue weighted by Crippen LogP contribution is -2.06. The van der Waals surface area contributed by atoms with E-state index in [9.17, 15) is 13.2 Å². The molecule has 1 heterocycles. The third-order valence-corrected chi connectivity index (χ3v) is 3.40. The maximum Gasteiger partial charge on any atom is 0.309 e.